The van der Waals surface area contributed by atoms with Crippen LogP contribution in [0.4, 0.5) is 4.39 Å². The number of likely N-dealkylation sites (tertiary alicyclic amines) is 1. The predicted molar refractivity (Wildman–Crippen MR) is 98.4 cm³/mol. The summed E-state index contributed by atoms with van der Waals surface area (Å²) in [6.45, 7) is 4.70. The normalized spacial score (nSPS) is 17.1. The fourth-order valence-corrected chi connectivity index (χ4v) is 3.08. The van der Waals surface area contributed by atoms with E-state index >= 15 is 0 Å². The van der Waals surface area contributed by atoms with Crippen molar-refractivity contribution in [3.63, 3.8) is 0 Å². The Hall–Kier alpha value is -2.15. The second-order valence-electron chi connectivity index (χ2n) is 6.26. The van der Waals surface area contributed by atoms with Gasteiger partial charge in [-0.1, -0.05) is 12.1 Å². The van der Waals surface area contributed by atoms with Crippen LogP contribution in [0.2, 0.25) is 0 Å². The van der Waals surface area contributed by atoms with E-state index in [4.69, 9.17) is 14.5 Å². The van der Waals surface area contributed by atoms with Gasteiger partial charge in [-0.2, -0.15) is 0 Å². The monoisotopic (exact) mass is 365 g/mol. The van der Waals surface area contributed by atoms with Gasteiger partial charge in [0, 0.05) is 26.7 Å². The molecule has 0 saturated carbocycles. The number of methoxy groups -OCH3 is 2. The summed E-state index contributed by atoms with van der Waals surface area (Å²) < 4.78 is 23.5. The fraction of sp³-hybridized carbons (Fsp3) is 0.579. The first-order chi connectivity index (χ1) is 12.6. The molecule has 0 spiro atoms. The minimum atomic E-state index is -0.270. The summed E-state index contributed by atoms with van der Waals surface area (Å²) in [5, 5.41) is 3.29. The molecule has 1 saturated heterocycles. The number of nitrogens with one attached hydrogen (secondary N) is 1. The molecule has 1 aromatic rings. The zero-order chi connectivity index (χ0) is 18.9. The van der Waals surface area contributed by atoms with Gasteiger partial charge in [0.25, 0.3) is 0 Å². The first-order valence-electron chi connectivity index (χ1n) is 8.98. The van der Waals surface area contributed by atoms with Crippen LogP contribution >= 0.6 is 0 Å². The van der Waals surface area contributed by atoms with Gasteiger partial charge in [0.2, 0.25) is 0 Å². The average molecular weight is 365 g/mol. The van der Waals surface area contributed by atoms with E-state index in [2.05, 4.69) is 10.2 Å². The maximum atomic E-state index is 13.1. The molecule has 1 aliphatic rings. The van der Waals surface area contributed by atoms with Gasteiger partial charge in [0.15, 0.2) is 5.96 Å². The second-order valence-corrected chi connectivity index (χ2v) is 6.26. The molecule has 0 bridgehead atoms. The highest BCUT2D eigenvalue weighted by molar-refractivity contribution is 5.80. The van der Waals surface area contributed by atoms with Gasteiger partial charge in [-0.25, -0.2) is 4.39 Å². The quantitative estimate of drug-likeness (QED) is 0.476. The van der Waals surface area contributed by atoms with Crippen LogP contribution in [0.15, 0.2) is 29.3 Å². The Bertz CT molecular complexity index is 599. The maximum absolute atomic E-state index is 13.1. The molecule has 1 heterocycles. The highest BCUT2D eigenvalue weighted by atomic mass is 19.1. The zero-order valence-electron chi connectivity index (χ0n) is 15.7. The van der Waals surface area contributed by atoms with Gasteiger partial charge in [-0.3, -0.25) is 9.79 Å². The Morgan fingerprint density at radius 2 is 1.96 bits per heavy atom. The van der Waals surface area contributed by atoms with Crippen LogP contribution in [-0.4, -0.2) is 57.2 Å². The van der Waals surface area contributed by atoms with Crippen LogP contribution in [0.1, 0.15) is 31.4 Å². The van der Waals surface area contributed by atoms with Gasteiger partial charge in [-0.05, 0) is 37.5 Å². The number of hydrogen-bond donors (Lipinski definition) is 1. The van der Waals surface area contributed by atoms with E-state index < -0.39 is 0 Å². The summed E-state index contributed by atoms with van der Waals surface area (Å²) in [6, 6.07) is 6.28. The van der Waals surface area contributed by atoms with Crippen molar-refractivity contribution >= 4 is 11.9 Å². The SMILES string of the molecule is CCNC(=NCC(OC)c1ccc(F)cc1)N1CCC(C(=O)OC)CC1. The second kappa shape index (κ2) is 10.1. The molecule has 1 atom stereocenters. The lowest BCUT2D eigenvalue weighted by molar-refractivity contribution is -0.146. The number of aliphatic imine (C=N–C) groups is 1. The average Bonchev–Trinajstić information content (AvgIpc) is 2.68. The topological polar surface area (TPSA) is 63.2 Å². The van der Waals surface area contributed by atoms with Gasteiger partial charge in [0.05, 0.1) is 19.6 Å². The smallest absolute Gasteiger partial charge is 0.308 e. The van der Waals surface area contributed by atoms with E-state index in [1.54, 1.807) is 19.2 Å². The van der Waals surface area contributed by atoms with Crippen molar-refractivity contribution in [2.45, 2.75) is 25.9 Å². The lowest BCUT2D eigenvalue weighted by Crippen LogP contribution is -2.46. The number of piperidine rings is 1. The van der Waals surface area contributed by atoms with E-state index in [0.717, 1.165) is 44.0 Å². The Balaban J connectivity index is 2.01. The lowest BCUT2D eigenvalue weighted by atomic mass is 9.97. The number of carbonyl (C=O) groups excluding carboxylic acids is 1. The van der Waals surface area contributed by atoms with E-state index in [9.17, 15) is 9.18 Å². The molecule has 26 heavy (non-hydrogen) atoms. The van der Waals surface area contributed by atoms with Gasteiger partial charge < -0.3 is 19.7 Å². The summed E-state index contributed by atoms with van der Waals surface area (Å²) in [5.41, 5.74) is 0.887. The summed E-state index contributed by atoms with van der Waals surface area (Å²) in [5.74, 6) is 0.362. The third kappa shape index (κ3) is 5.42. The predicted octanol–water partition coefficient (Wildman–Crippen LogP) is 2.36. The van der Waals surface area contributed by atoms with Gasteiger partial charge >= 0.3 is 5.97 Å². The highest BCUT2D eigenvalue weighted by Crippen LogP contribution is 2.20. The van der Waals surface area contributed by atoms with Crippen molar-refractivity contribution in [2.24, 2.45) is 10.9 Å². The van der Waals surface area contributed by atoms with Crippen molar-refractivity contribution in [2.75, 3.05) is 40.4 Å². The standard InChI is InChI=1S/C19H28FN3O3/c1-4-21-19(23-11-9-15(10-12-23)18(24)26-3)22-13-17(25-2)14-5-7-16(20)8-6-14/h5-8,15,17H,4,9-13H2,1-3H3,(H,21,22). The fourth-order valence-electron chi connectivity index (χ4n) is 3.08. The highest BCUT2D eigenvalue weighted by Gasteiger charge is 2.27. The molecule has 2 rings (SSSR count). The first kappa shape index (κ1) is 20.2. The van der Waals surface area contributed by atoms with Crippen LogP contribution in [0.3, 0.4) is 0 Å². The summed E-state index contributed by atoms with van der Waals surface area (Å²) in [4.78, 5) is 18.5. The van der Waals surface area contributed by atoms with Crippen molar-refractivity contribution in [1.29, 1.82) is 0 Å². The molecule has 0 aliphatic carbocycles. The number of hydrogen-bond acceptors (Lipinski definition) is 4. The molecule has 1 N–H and O–H groups in total. The van der Waals surface area contributed by atoms with Crippen LogP contribution < -0.4 is 5.32 Å². The van der Waals surface area contributed by atoms with Gasteiger partial charge in [0.1, 0.15) is 11.9 Å². The molecule has 144 valence electrons. The van der Waals surface area contributed by atoms with Crippen LogP contribution in [0.5, 0.6) is 0 Å². The largest absolute Gasteiger partial charge is 0.469 e. The Morgan fingerprint density at radius 1 is 1.31 bits per heavy atom. The molecule has 0 aromatic heterocycles. The molecular weight excluding hydrogens is 337 g/mol. The number of ether oxygens (including phenoxy) is 2. The van der Waals surface area contributed by atoms with E-state index in [-0.39, 0.29) is 23.8 Å². The number of halogens is 1. The molecule has 1 aromatic carbocycles. The Kier molecular flexibility index (Phi) is 7.84. The summed E-state index contributed by atoms with van der Waals surface area (Å²) >= 11 is 0. The third-order valence-corrected chi connectivity index (χ3v) is 4.60. The summed E-state index contributed by atoms with van der Waals surface area (Å²) in [7, 11) is 3.05. The number of benzene rings is 1. The number of carbonyl (C=O) groups is 1. The first-order valence-corrected chi connectivity index (χ1v) is 8.98. The lowest BCUT2D eigenvalue weighted by Gasteiger charge is -2.33. The molecule has 1 unspecified atom stereocenters. The van der Waals surface area contributed by atoms with E-state index in [1.165, 1.54) is 19.2 Å². The van der Waals surface area contributed by atoms with Crippen molar-refractivity contribution in [1.82, 2.24) is 10.2 Å². The van der Waals surface area contributed by atoms with Crippen molar-refractivity contribution in [3.05, 3.63) is 35.6 Å². The van der Waals surface area contributed by atoms with Gasteiger partial charge in [-0.15, -0.1) is 0 Å². The van der Waals surface area contributed by atoms with E-state index in [1.807, 2.05) is 6.92 Å². The van der Waals surface area contributed by atoms with Crippen LogP contribution in [0, 0.1) is 11.7 Å². The number of nitrogens with zero attached hydrogens (tertiary/aromatic N) is 2. The van der Waals surface area contributed by atoms with Crippen LogP contribution in [0.25, 0.3) is 0 Å². The van der Waals surface area contributed by atoms with Crippen molar-refractivity contribution in [3.8, 4) is 0 Å². The van der Waals surface area contributed by atoms with E-state index in [0.29, 0.717) is 6.54 Å². The number of esters is 1. The van der Waals surface area contributed by atoms with Crippen molar-refractivity contribution < 1.29 is 18.7 Å². The molecular formula is C19H28FN3O3. The molecule has 6 nitrogen and oxygen atoms in total. The molecule has 1 aliphatic heterocycles. The Morgan fingerprint density at radius 3 is 2.50 bits per heavy atom. The number of rotatable bonds is 6. The molecule has 0 amide bonds. The van der Waals surface area contributed by atoms with Crippen LogP contribution in [-0.2, 0) is 14.3 Å². The molecule has 0 radical (unpaired) electrons. The minimum Gasteiger partial charge on any atom is -0.469 e. The molecule has 7 heteroatoms. The molecule has 1 fully saturated rings. The number of guanidine groups is 1. The Labute approximate surface area is 154 Å². The minimum absolute atomic E-state index is 0.0370. The maximum Gasteiger partial charge on any atom is 0.308 e. The summed E-state index contributed by atoms with van der Waals surface area (Å²) in [6.07, 6.45) is 1.27. The zero-order valence-corrected chi connectivity index (χ0v) is 15.7. The third-order valence-electron chi connectivity index (χ3n) is 4.60.